The fourth-order valence-corrected chi connectivity index (χ4v) is 3.27. The Kier molecular flexibility index (Phi) is 28.9. The van der Waals surface area contributed by atoms with Crippen molar-refractivity contribution in [3.63, 3.8) is 0 Å². The van der Waals surface area contributed by atoms with Gasteiger partial charge in [-0.05, 0) is 0 Å². The van der Waals surface area contributed by atoms with Gasteiger partial charge in [-0.2, -0.15) is 0 Å². The van der Waals surface area contributed by atoms with E-state index in [0.717, 1.165) is 6.26 Å². The third-order valence-corrected chi connectivity index (χ3v) is 4.96. The molecule has 0 radical (unpaired) electrons. The van der Waals surface area contributed by atoms with E-state index in [-0.39, 0.29) is 5.97 Å². The van der Waals surface area contributed by atoms with Crippen LogP contribution in [0.5, 0.6) is 0 Å². The fourth-order valence-electron chi connectivity index (χ4n) is 3.27. The average Bonchev–Trinajstić information content (AvgIpc) is 2.65. The van der Waals surface area contributed by atoms with E-state index in [1.165, 1.54) is 129 Å². The van der Waals surface area contributed by atoms with Crippen LogP contribution in [-0.4, -0.2) is 5.97 Å². The molecule has 0 bridgehead atoms. The van der Waals surface area contributed by atoms with Crippen LogP contribution in [0, 0.1) is 0 Å². The van der Waals surface area contributed by atoms with E-state index in [0.29, 0.717) is 0 Å². The predicted molar refractivity (Wildman–Crippen MR) is 121 cm³/mol. The number of hydrogen-bond acceptors (Lipinski definition) is 2. The van der Waals surface area contributed by atoms with Gasteiger partial charge in [-0.3, -0.25) is 4.79 Å². The molecule has 0 unspecified atom stereocenters. The largest absolute Gasteiger partial charge is 0.435 e. The molecule has 2 nitrogen and oxygen atoms in total. The van der Waals surface area contributed by atoms with Gasteiger partial charge in [-0.25, -0.2) is 0 Å². The van der Waals surface area contributed by atoms with Gasteiger partial charge < -0.3 is 4.74 Å². The molecule has 0 aromatic carbocycles. The third-order valence-electron chi connectivity index (χ3n) is 4.96. The molecule has 0 aromatic rings. The van der Waals surface area contributed by atoms with Crippen molar-refractivity contribution in [2.24, 2.45) is 0 Å². The Labute approximate surface area is 171 Å². The molecule has 0 fully saturated rings. The zero-order valence-electron chi connectivity index (χ0n) is 19.0. The van der Waals surface area contributed by atoms with Crippen molar-refractivity contribution in [1.82, 2.24) is 0 Å². The van der Waals surface area contributed by atoms with Crippen molar-refractivity contribution in [2.75, 3.05) is 0 Å². The van der Waals surface area contributed by atoms with Gasteiger partial charge in [0.1, 0.15) is 0 Å². The highest BCUT2D eigenvalue weighted by Crippen LogP contribution is 2.14. The molecule has 0 rings (SSSR count). The molecule has 0 spiro atoms. The maximum atomic E-state index is 9.75. The molecule has 162 valence electrons. The Morgan fingerprint density at radius 2 is 0.815 bits per heavy atom. The minimum Gasteiger partial charge on any atom is -0.435 e. The van der Waals surface area contributed by atoms with E-state index in [2.05, 4.69) is 25.2 Å². The Morgan fingerprint density at radius 3 is 0.926 bits per heavy atom. The Balaban J connectivity index is 0. The molecule has 0 aliphatic heterocycles. The lowest BCUT2D eigenvalue weighted by molar-refractivity contribution is -0.135. The zero-order valence-corrected chi connectivity index (χ0v) is 19.0. The van der Waals surface area contributed by atoms with Crippen molar-refractivity contribution < 1.29 is 9.53 Å². The quantitative estimate of drug-likeness (QED) is 0.126. The van der Waals surface area contributed by atoms with Crippen LogP contribution >= 0.6 is 0 Å². The molecule has 0 saturated carbocycles. The van der Waals surface area contributed by atoms with E-state index in [9.17, 15) is 4.79 Å². The monoisotopic (exact) mass is 382 g/mol. The summed E-state index contributed by atoms with van der Waals surface area (Å²) in [5.74, 6) is -0.329. The minimum absolute atomic E-state index is 0.329. The number of rotatable bonds is 19. The zero-order chi connectivity index (χ0) is 20.4. The molecule has 0 heterocycles. The third kappa shape index (κ3) is 33.2. The maximum absolute atomic E-state index is 9.75. The number of unbranched alkanes of at least 4 members (excludes halogenated alkanes) is 18. The van der Waals surface area contributed by atoms with E-state index < -0.39 is 0 Å². The van der Waals surface area contributed by atoms with Gasteiger partial charge in [0, 0.05) is 6.92 Å². The van der Waals surface area contributed by atoms with Gasteiger partial charge in [-0.15, -0.1) is 0 Å². The van der Waals surface area contributed by atoms with Gasteiger partial charge in [-0.1, -0.05) is 142 Å². The SMILES string of the molecule is C=COC(C)=O.CCCCCCCCCCCCCCCCCCCCC. The molecular formula is C25H50O2. The summed E-state index contributed by atoms with van der Waals surface area (Å²) in [6.45, 7) is 9.08. The molecule has 0 aliphatic carbocycles. The number of esters is 1. The van der Waals surface area contributed by atoms with E-state index in [1.807, 2.05) is 0 Å². The van der Waals surface area contributed by atoms with Gasteiger partial charge in [0.15, 0.2) is 0 Å². The number of ether oxygens (including phenoxy) is 1. The predicted octanol–water partition coefficient (Wildman–Crippen LogP) is 9.13. The standard InChI is InChI=1S/C21H44.C4H6O2/c1-3-5-7-9-11-13-15-17-19-21-20-18-16-14-12-10-8-6-4-2;1-3-6-4(2)5/h3-21H2,1-2H3;3H,1H2,2H3. The molecular weight excluding hydrogens is 332 g/mol. The summed E-state index contributed by atoms with van der Waals surface area (Å²) in [6, 6.07) is 0. The van der Waals surface area contributed by atoms with Gasteiger partial charge in [0.25, 0.3) is 0 Å². The minimum atomic E-state index is -0.329. The highest BCUT2D eigenvalue weighted by atomic mass is 16.5. The summed E-state index contributed by atoms with van der Waals surface area (Å²) >= 11 is 0. The Bertz CT molecular complexity index is 268. The van der Waals surface area contributed by atoms with Crippen LogP contribution in [0.4, 0.5) is 0 Å². The van der Waals surface area contributed by atoms with Crippen molar-refractivity contribution in [2.45, 2.75) is 143 Å². The molecule has 0 atom stereocenters. The van der Waals surface area contributed by atoms with E-state index >= 15 is 0 Å². The lowest BCUT2D eigenvalue weighted by Crippen LogP contribution is -1.87. The summed E-state index contributed by atoms with van der Waals surface area (Å²) in [7, 11) is 0. The lowest BCUT2D eigenvalue weighted by atomic mass is 10.0. The summed E-state index contributed by atoms with van der Waals surface area (Å²) in [4.78, 5) is 9.75. The van der Waals surface area contributed by atoms with Crippen molar-refractivity contribution in [3.05, 3.63) is 12.8 Å². The Morgan fingerprint density at radius 1 is 0.593 bits per heavy atom. The second-order valence-corrected chi connectivity index (χ2v) is 7.79. The smallest absolute Gasteiger partial charge is 0.307 e. The van der Waals surface area contributed by atoms with Crippen LogP contribution < -0.4 is 0 Å². The molecule has 0 amide bonds. The maximum Gasteiger partial charge on any atom is 0.307 e. The van der Waals surface area contributed by atoms with Gasteiger partial charge in [0.2, 0.25) is 0 Å². The number of carbonyl (C=O) groups excluding carboxylic acids is 1. The van der Waals surface area contributed by atoms with Crippen molar-refractivity contribution in [1.29, 1.82) is 0 Å². The summed E-state index contributed by atoms with van der Waals surface area (Å²) < 4.78 is 4.17. The lowest BCUT2D eigenvalue weighted by Gasteiger charge is -2.03. The highest BCUT2D eigenvalue weighted by Gasteiger charge is 1.94. The van der Waals surface area contributed by atoms with Gasteiger partial charge >= 0.3 is 5.97 Å². The first kappa shape index (κ1) is 28.4. The average molecular weight is 383 g/mol. The van der Waals surface area contributed by atoms with Crippen LogP contribution in [-0.2, 0) is 9.53 Å². The molecule has 2 heteroatoms. The van der Waals surface area contributed by atoms with Crippen molar-refractivity contribution >= 4 is 5.97 Å². The summed E-state index contributed by atoms with van der Waals surface area (Å²) in [5, 5.41) is 0. The highest BCUT2D eigenvalue weighted by molar-refractivity contribution is 5.66. The summed E-state index contributed by atoms with van der Waals surface area (Å²) in [5.41, 5.74) is 0. The van der Waals surface area contributed by atoms with Crippen LogP contribution in [0.3, 0.4) is 0 Å². The second-order valence-electron chi connectivity index (χ2n) is 7.79. The van der Waals surface area contributed by atoms with Gasteiger partial charge in [0.05, 0.1) is 6.26 Å². The van der Waals surface area contributed by atoms with Crippen molar-refractivity contribution in [3.8, 4) is 0 Å². The topological polar surface area (TPSA) is 26.3 Å². The van der Waals surface area contributed by atoms with Crippen LogP contribution in [0.15, 0.2) is 12.8 Å². The molecule has 0 aromatic heterocycles. The fraction of sp³-hybridized carbons (Fsp3) is 0.880. The molecule has 27 heavy (non-hydrogen) atoms. The van der Waals surface area contributed by atoms with Crippen LogP contribution in [0.25, 0.3) is 0 Å². The summed E-state index contributed by atoms with van der Waals surface area (Å²) in [6.07, 6.45) is 29.0. The molecule has 0 aliphatic rings. The molecule has 0 saturated heterocycles. The van der Waals surface area contributed by atoms with E-state index in [1.54, 1.807) is 0 Å². The van der Waals surface area contributed by atoms with Crippen LogP contribution in [0.2, 0.25) is 0 Å². The van der Waals surface area contributed by atoms with Crippen LogP contribution in [0.1, 0.15) is 143 Å². The molecule has 0 N–H and O–H groups in total. The Hall–Kier alpha value is -0.790. The first-order chi connectivity index (χ1) is 13.2. The van der Waals surface area contributed by atoms with E-state index in [4.69, 9.17) is 0 Å². The first-order valence-corrected chi connectivity index (χ1v) is 12.0. The first-order valence-electron chi connectivity index (χ1n) is 12.0. The normalized spacial score (nSPS) is 10.2. The number of hydrogen-bond donors (Lipinski definition) is 0. The number of carbonyl (C=O) groups is 1. The second kappa shape index (κ2) is 27.4.